The van der Waals surface area contributed by atoms with Crippen LogP contribution in [0, 0.1) is 23.7 Å². The molecule has 104 valence electrons. The minimum absolute atomic E-state index is 0.0219. The first-order chi connectivity index (χ1) is 8.91. The van der Waals surface area contributed by atoms with Gasteiger partial charge in [0.25, 0.3) is 0 Å². The van der Waals surface area contributed by atoms with Crippen molar-refractivity contribution in [3.63, 3.8) is 0 Å². The average Bonchev–Trinajstić information content (AvgIpc) is 2.77. The van der Waals surface area contributed by atoms with Crippen LogP contribution in [0.2, 0.25) is 0 Å². The molecular weight excluding hydrogens is 244 g/mol. The van der Waals surface area contributed by atoms with Crippen LogP contribution >= 0.6 is 0 Å². The lowest BCUT2D eigenvalue weighted by molar-refractivity contribution is -0.142. The Morgan fingerprint density at radius 1 is 1.21 bits per heavy atom. The van der Waals surface area contributed by atoms with E-state index in [0.717, 1.165) is 5.57 Å². The normalized spacial score (nSPS) is 49.6. The lowest BCUT2D eigenvalue weighted by Gasteiger charge is -2.28. The van der Waals surface area contributed by atoms with Gasteiger partial charge in [0.05, 0.1) is 12.2 Å². The first-order valence-electron chi connectivity index (χ1n) is 6.86. The van der Waals surface area contributed by atoms with E-state index in [9.17, 15) is 15.0 Å². The first-order valence-corrected chi connectivity index (χ1v) is 6.86. The highest BCUT2D eigenvalue weighted by Gasteiger charge is 2.55. The third-order valence-electron chi connectivity index (χ3n) is 5.28. The van der Waals surface area contributed by atoms with Crippen molar-refractivity contribution in [1.29, 1.82) is 0 Å². The minimum Gasteiger partial charge on any atom is -0.458 e. The summed E-state index contributed by atoms with van der Waals surface area (Å²) in [4.78, 5) is 11.7. The van der Waals surface area contributed by atoms with Crippen LogP contribution in [0.4, 0.5) is 0 Å². The van der Waals surface area contributed by atoms with E-state index in [0.29, 0.717) is 18.4 Å². The molecule has 3 rings (SSSR count). The number of carbonyl (C=O) groups is 1. The summed E-state index contributed by atoms with van der Waals surface area (Å²) in [6.45, 7) is 9.79. The fourth-order valence-electron chi connectivity index (χ4n) is 4.07. The van der Waals surface area contributed by atoms with E-state index in [1.807, 2.05) is 6.92 Å². The van der Waals surface area contributed by atoms with E-state index < -0.39 is 12.2 Å². The van der Waals surface area contributed by atoms with E-state index in [4.69, 9.17) is 4.74 Å². The predicted molar refractivity (Wildman–Crippen MR) is 69.0 cm³/mol. The minimum atomic E-state index is -0.647. The summed E-state index contributed by atoms with van der Waals surface area (Å²) in [5, 5.41) is 20.3. The lowest BCUT2D eigenvalue weighted by Crippen LogP contribution is -2.32. The Morgan fingerprint density at radius 3 is 2.58 bits per heavy atom. The molecule has 1 heterocycles. The molecule has 4 heteroatoms. The van der Waals surface area contributed by atoms with Crippen LogP contribution in [0.1, 0.15) is 19.8 Å². The standard InChI is InChI=1S/C15H20O4/c1-6-9-4-12(17)8(3)13(9)14-10(5-11(6)16)7(2)15(18)19-14/h8-14,16-17H,1-2,4-5H2,3H3/t8-,9-,10-,11+,12-,13-,14-/m0/s1. The highest BCUT2D eigenvalue weighted by atomic mass is 16.6. The topological polar surface area (TPSA) is 66.8 Å². The molecule has 0 radical (unpaired) electrons. The molecule has 0 amide bonds. The van der Waals surface area contributed by atoms with Gasteiger partial charge >= 0.3 is 5.97 Å². The van der Waals surface area contributed by atoms with E-state index in [1.54, 1.807) is 0 Å². The van der Waals surface area contributed by atoms with Crippen molar-refractivity contribution < 1.29 is 19.7 Å². The molecule has 0 bridgehead atoms. The number of esters is 1. The Bertz CT molecular complexity index is 455. The highest BCUT2D eigenvalue weighted by molar-refractivity contribution is 5.90. The van der Waals surface area contributed by atoms with Crippen LogP contribution < -0.4 is 0 Å². The van der Waals surface area contributed by atoms with Crippen molar-refractivity contribution >= 4 is 5.97 Å². The Morgan fingerprint density at radius 2 is 1.89 bits per heavy atom. The number of hydrogen-bond acceptors (Lipinski definition) is 4. The van der Waals surface area contributed by atoms with Gasteiger partial charge in [-0.15, -0.1) is 0 Å². The Kier molecular flexibility index (Phi) is 2.84. The molecule has 3 fully saturated rings. The molecule has 0 spiro atoms. The molecule has 0 aromatic heterocycles. The van der Waals surface area contributed by atoms with Gasteiger partial charge in [-0.2, -0.15) is 0 Å². The molecule has 4 nitrogen and oxygen atoms in total. The molecule has 2 N–H and O–H groups in total. The molecule has 1 saturated heterocycles. The molecular formula is C15H20O4. The Labute approximate surface area is 112 Å². The first kappa shape index (κ1) is 12.9. The summed E-state index contributed by atoms with van der Waals surface area (Å²) >= 11 is 0. The van der Waals surface area contributed by atoms with Crippen LogP contribution in [-0.2, 0) is 9.53 Å². The third-order valence-corrected chi connectivity index (χ3v) is 5.28. The van der Waals surface area contributed by atoms with Gasteiger partial charge in [-0.05, 0) is 30.3 Å². The zero-order valence-corrected chi connectivity index (χ0v) is 11.1. The van der Waals surface area contributed by atoms with Crippen molar-refractivity contribution in [2.45, 2.75) is 38.1 Å². The lowest BCUT2D eigenvalue weighted by atomic mass is 9.79. The monoisotopic (exact) mass is 264 g/mol. The molecule has 0 aromatic rings. The zero-order chi connectivity index (χ0) is 13.9. The van der Waals surface area contributed by atoms with Crippen LogP contribution in [0.3, 0.4) is 0 Å². The summed E-state index contributed by atoms with van der Waals surface area (Å²) < 4.78 is 5.49. The van der Waals surface area contributed by atoms with Gasteiger partial charge in [0.2, 0.25) is 0 Å². The number of carbonyl (C=O) groups excluding carboxylic acids is 1. The molecule has 0 aromatic carbocycles. The summed E-state index contributed by atoms with van der Waals surface area (Å²) in [5.41, 5.74) is 1.22. The summed E-state index contributed by atoms with van der Waals surface area (Å²) in [6, 6.07) is 0. The van der Waals surface area contributed by atoms with Crippen molar-refractivity contribution in [2.24, 2.45) is 23.7 Å². The largest absolute Gasteiger partial charge is 0.458 e. The maximum absolute atomic E-state index is 11.7. The highest BCUT2D eigenvalue weighted by Crippen LogP contribution is 2.52. The zero-order valence-electron chi connectivity index (χ0n) is 11.1. The fraction of sp³-hybridized carbons (Fsp3) is 0.667. The smallest absolute Gasteiger partial charge is 0.334 e. The Balaban J connectivity index is 2.02. The molecule has 2 aliphatic carbocycles. The van der Waals surface area contributed by atoms with Gasteiger partial charge in [-0.3, -0.25) is 0 Å². The average molecular weight is 264 g/mol. The van der Waals surface area contributed by atoms with Gasteiger partial charge in [0, 0.05) is 17.4 Å². The third kappa shape index (κ3) is 1.70. The van der Waals surface area contributed by atoms with Crippen LogP contribution in [0.25, 0.3) is 0 Å². The van der Waals surface area contributed by atoms with Crippen LogP contribution in [0.15, 0.2) is 24.3 Å². The number of rotatable bonds is 0. The number of fused-ring (bicyclic) bond motifs is 3. The van der Waals surface area contributed by atoms with Gasteiger partial charge in [0.1, 0.15) is 6.10 Å². The van der Waals surface area contributed by atoms with Gasteiger partial charge in [0.15, 0.2) is 0 Å². The van der Waals surface area contributed by atoms with Crippen molar-refractivity contribution in [2.75, 3.05) is 0 Å². The molecule has 3 aliphatic rings. The fourth-order valence-corrected chi connectivity index (χ4v) is 4.07. The van der Waals surface area contributed by atoms with E-state index in [2.05, 4.69) is 13.2 Å². The van der Waals surface area contributed by atoms with Crippen LogP contribution in [0.5, 0.6) is 0 Å². The quantitative estimate of drug-likeness (QED) is 0.390. The second kappa shape index (κ2) is 4.18. The molecule has 0 unspecified atom stereocenters. The van der Waals surface area contributed by atoms with Gasteiger partial charge < -0.3 is 14.9 Å². The second-order valence-corrected chi connectivity index (χ2v) is 6.17. The van der Waals surface area contributed by atoms with E-state index >= 15 is 0 Å². The van der Waals surface area contributed by atoms with Crippen molar-refractivity contribution in [1.82, 2.24) is 0 Å². The van der Waals surface area contributed by atoms with E-state index in [1.165, 1.54) is 0 Å². The predicted octanol–water partition coefficient (Wildman–Crippen LogP) is 1.04. The van der Waals surface area contributed by atoms with Gasteiger partial charge in [-0.25, -0.2) is 4.79 Å². The number of hydrogen-bond donors (Lipinski definition) is 2. The molecule has 19 heavy (non-hydrogen) atoms. The van der Waals surface area contributed by atoms with Gasteiger partial charge in [-0.1, -0.05) is 20.1 Å². The molecule has 2 saturated carbocycles. The van der Waals surface area contributed by atoms with E-state index in [-0.39, 0.29) is 35.7 Å². The Hall–Kier alpha value is -1.13. The number of ether oxygens (including phenoxy) is 1. The van der Waals surface area contributed by atoms with Crippen LogP contribution in [-0.4, -0.2) is 34.5 Å². The summed E-state index contributed by atoms with van der Waals surface area (Å²) in [6.07, 6.45) is -0.304. The SMILES string of the molecule is C=C1C(=O)O[C@@H]2[C@H]3[C@@H](C)[C@@H](O)C[C@H]3C(=C)[C@H](O)C[C@@H]12. The summed E-state index contributed by atoms with van der Waals surface area (Å²) in [7, 11) is 0. The molecule has 1 aliphatic heterocycles. The maximum atomic E-state index is 11.7. The maximum Gasteiger partial charge on any atom is 0.334 e. The number of aliphatic hydroxyl groups excluding tert-OH is 2. The summed E-state index contributed by atoms with van der Waals surface area (Å²) in [5.74, 6) is -0.413. The van der Waals surface area contributed by atoms with Crippen molar-refractivity contribution in [3.8, 4) is 0 Å². The number of aliphatic hydroxyl groups is 2. The molecule has 7 atom stereocenters. The van der Waals surface area contributed by atoms with Crippen molar-refractivity contribution in [3.05, 3.63) is 24.3 Å². The second-order valence-electron chi connectivity index (χ2n) is 6.17.